The van der Waals surface area contributed by atoms with Crippen LogP contribution in [0.25, 0.3) is 22.4 Å². The zero-order chi connectivity index (χ0) is 17.2. The smallest absolute Gasteiger partial charge is 0.267 e. The molecule has 3 aromatic heterocycles. The lowest BCUT2D eigenvalue weighted by Crippen LogP contribution is -2.22. The van der Waals surface area contributed by atoms with E-state index < -0.39 is 5.91 Å². The van der Waals surface area contributed by atoms with Gasteiger partial charge in [0.15, 0.2) is 5.82 Å². The van der Waals surface area contributed by atoms with Crippen LogP contribution < -0.4 is 5.43 Å². The summed E-state index contributed by atoms with van der Waals surface area (Å²) in [6.07, 6.45) is 6.10. The van der Waals surface area contributed by atoms with E-state index in [4.69, 9.17) is 0 Å². The van der Waals surface area contributed by atoms with Gasteiger partial charge in [0.1, 0.15) is 11.5 Å². The Morgan fingerprint density at radius 1 is 1.00 bits per heavy atom. The van der Waals surface area contributed by atoms with E-state index in [1.165, 1.54) is 23.1 Å². The quantitative estimate of drug-likeness (QED) is 0.625. The summed E-state index contributed by atoms with van der Waals surface area (Å²) in [6, 6.07) is 11.7. The second-order valence-corrected chi connectivity index (χ2v) is 5.31. The molecule has 0 radical (unpaired) electrons. The lowest BCUT2D eigenvalue weighted by atomic mass is 10.2. The number of carbonyl (C=O) groups is 1. The Balaban J connectivity index is 1.58. The molecule has 4 rings (SSSR count). The predicted molar refractivity (Wildman–Crippen MR) is 90.9 cm³/mol. The molecular formula is C18H12FN5O. The zero-order valence-corrected chi connectivity index (χ0v) is 12.9. The molecule has 0 saturated heterocycles. The van der Waals surface area contributed by atoms with Gasteiger partial charge in [-0.05, 0) is 30.3 Å². The van der Waals surface area contributed by atoms with Gasteiger partial charge in [-0.2, -0.15) is 0 Å². The summed E-state index contributed by atoms with van der Waals surface area (Å²) in [5.74, 6) is -0.298. The van der Waals surface area contributed by atoms with Gasteiger partial charge in [0.25, 0.3) is 5.91 Å². The number of fused-ring (bicyclic) bond motifs is 1. The monoisotopic (exact) mass is 333 g/mol. The number of amides is 1. The van der Waals surface area contributed by atoms with Crippen molar-refractivity contribution < 1.29 is 9.18 Å². The van der Waals surface area contributed by atoms with Gasteiger partial charge in [-0.3, -0.25) is 19.9 Å². The van der Waals surface area contributed by atoms with E-state index in [2.05, 4.69) is 20.4 Å². The van der Waals surface area contributed by atoms with Crippen molar-refractivity contribution in [2.75, 3.05) is 5.43 Å². The molecule has 0 aliphatic heterocycles. The highest BCUT2D eigenvalue weighted by Gasteiger charge is 2.11. The van der Waals surface area contributed by atoms with Crippen molar-refractivity contribution >= 4 is 16.8 Å². The van der Waals surface area contributed by atoms with E-state index >= 15 is 0 Å². The first-order valence-corrected chi connectivity index (χ1v) is 7.53. The van der Waals surface area contributed by atoms with Gasteiger partial charge in [0.2, 0.25) is 0 Å². The summed E-state index contributed by atoms with van der Waals surface area (Å²) in [5, 5.41) is 0.435. The summed E-state index contributed by atoms with van der Waals surface area (Å²) < 4.78 is 15.2. The van der Waals surface area contributed by atoms with Crippen LogP contribution in [0.5, 0.6) is 0 Å². The number of hydrogen-bond acceptors (Lipinski definition) is 4. The topological polar surface area (TPSA) is 72.7 Å². The third-order valence-corrected chi connectivity index (χ3v) is 3.71. The summed E-state index contributed by atoms with van der Waals surface area (Å²) >= 11 is 0. The van der Waals surface area contributed by atoms with Crippen LogP contribution in [0.1, 0.15) is 10.4 Å². The number of hydrogen-bond donors (Lipinski definition) is 1. The van der Waals surface area contributed by atoms with Gasteiger partial charge >= 0.3 is 0 Å². The fraction of sp³-hybridized carbons (Fsp3) is 0. The van der Waals surface area contributed by atoms with Gasteiger partial charge < -0.3 is 0 Å². The number of pyridine rings is 1. The van der Waals surface area contributed by atoms with E-state index in [1.807, 2.05) is 6.07 Å². The van der Waals surface area contributed by atoms with Gasteiger partial charge in [-0.15, -0.1) is 0 Å². The van der Waals surface area contributed by atoms with Gasteiger partial charge in [-0.1, -0.05) is 12.1 Å². The van der Waals surface area contributed by atoms with Crippen LogP contribution in [0.2, 0.25) is 0 Å². The van der Waals surface area contributed by atoms with Crippen LogP contribution in [0.4, 0.5) is 4.39 Å². The molecule has 4 aromatic rings. The number of carbonyl (C=O) groups excluding carboxylic acids is 1. The lowest BCUT2D eigenvalue weighted by molar-refractivity contribution is 0.101. The maximum absolute atomic E-state index is 13.7. The molecule has 1 N–H and O–H groups in total. The molecule has 0 spiro atoms. The minimum atomic E-state index is -0.394. The first-order chi connectivity index (χ1) is 12.2. The Kier molecular flexibility index (Phi) is 3.66. The molecule has 122 valence electrons. The SMILES string of the molecule is O=C(Nn1ccc2c(F)cccc21)c1cnc(-c2ccccn2)nc1. The number of nitrogens with one attached hydrogen (secondary N) is 1. The van der Waals surface area contributed by atoms with E-state index in [9.17, 15) is 9.18 Å². The second-order valence-electron chi connectivity index (χ2n) is 5.31. The Morgan fingerprint density at radius 2 is 1.84 bits per heavy atom. The highest BCUT2D eigenvalue weighted by molar-refractivity contribution is 6.00. The summed E-state index contributed by atoms with van der Waals surface area (Å²) in [4.78, 5) is 24.9. The van der Waals surface area contributed by atoms with Crippen LogP contribution in [0, 0.1) is 5.82 Å². The van der Waals surface area contributed by atoms with Crippen LogP contribution in [-0.4, -0.2) is 25.5 Å². The van der Waals surface area contributed by atoms with Crippen molar-refractivity contribution in [2.24, 2.45) is 0 Å². The van der Waals surface area contributed by atoms with Crippen LogP contribution in [-0.2, 0) is 0 Å². The van der Waals surface area contributed by atoms with Crippen molar-refractivity contribution in [3.05, 3.63) is 78.6 Å². The summed E-state index contributed by atoms with van der Waals surface area (Å²) in [7, 11) is 0. The van der Waals surface area contributed by atoms with E-state index in [1.54, 1.807) is 42.7 Å². The van der Waals surface area contributed by atoms with Gasteiger partial charge in [0.05, 0.1) is 11.1 Å². The fourth-order valence-corrected chi connectivity index (χ4v) is 2.47. The molecule has 0 saturated carbocycles. The van der Waals surface area contributed by atoms with Crippen molar-refractivity contribution in [3.8, 4) is 11.5 Å². The fourth-order valence-electron chi connectivity index (χ4n) is 2.47. The molecule has 3 heterocycles. The van der Waals surface area contributed by atoms with Crippen LogP contribution in [0.3, 0.4) is 0 Å². The number of aromatic nitrogens is 4. The maximum atomic E-state index is 13.7. The molecule has 0 fully saturated rings. The molecule has 6 nitrogen and oxygen atoms in total. The number of rotatable bonds is 3. The summed E-state index contributed by atoms with van der Waals surface area (Å²) in [6.45, 7) is 0. The average Bonchev–Trinajstić information content (AvgIpc) is 3.07. The first kappa shape index (κ1) is 14.9. The Bertz CT molecular complexity index is 1040. The summed E-state index contributed by atoms with van der Waals surface area (Å²) in [5.41, 5.74) is 4.17. The first-order valence-electron chi connectivity index (χ1n) is 7.53. The Labute approximate surface area is 142 Å². The molecule has 7 heteroatoms. The van der Waals surface area contributed by atoms with Crippen LogP contribution in [0.15, 0.2) is 67.3 Å². The minimum absolute atomic E-state index is 0.290. The molecule has 1 amide bonds. The molecule has 0 unspecified atom stereocenters. The molecule has 0 aliphatic carbocycles. The largest absolute Gasteiger partial charge is 0.273 e. The standard InChI is InChI=1S/C18H12FN5O/c19-14-4-3-6-16-13(14)7-9-24(16)23-18(25)12-10-21-17(22-11-12)15-5-1-2-8-20-15/h1-11H,(H,23,25). The molecule has 1 aromatic carbocycles. The number of nitrogens with zero attached hydrogens (tertiary/aromatic N) is 4. The van der Waals surface area contributed by atoms with E-state index in [-0.39, 0.29) is 11.4 Å². The average molecular weight is 333 g/mol. The molecular weight excluding hydrogens is 321 g/mol. The Morgan fingerprint density at radius 3 is 2.60 bits per heavy atom. The van der Waals surface area contributed by atoms with E-state index in [0.29, 0.717) is 22.4 Å². The molecule has 0 aliphatic rings. The highest BCUT2D eigenvalue weighted by Crippen LogP contribution is 2.18. The number of benzene rings is 1. The lowest BCUT2D eigenvalue weighted by Gasteiger charge is -2.08. The molecule has 0 bridgehead atoms. The number of halogens is 1. The highest BCUT2D eigenvalue weighted by atomic mass is 19.1. The second kappa shape index (κ2) is 6.12. The van der Waals surface area contributed by atoms with E-state index in [0.717, 1.165) is 0 Å². The Hall–Kier alpha value is -3.61. The third kappa shape index (κ3) is 2.83. The minimum Gasteiger partial charge on any atom is -0.267 e. The zero-order valence-electron chi connectivity index (χ0n) is 12.9. The van der Waals surface area contributed by atoms with Crippen molar-refractivity contribution in [1.82, 2.24) is 19.6 Å². The normalized spacial score (nSPS) is 10.8. The molecule has 25 heavy (non-hydrogen) atoms. The third-order valence-electron chi connectivity index (χ3n) is 3.71. The molecule has 0 atom stereocenters. The van der Waals surface area contributed by atoms with Gasteiger partial charge in [-0.25, -0.2) is 14.4 Å². The van der Waals surface area contributed by atoms with Crippen molar-refractivity contribution in [3.63, 3.8) is 0 Å². The predicted octanol–water partition coefficient (Wildman–Crippen LogP) is 3.02. The van der Waals surface area contributed by atoms with Crippen LogP contribution >= 0.6 is 0 Å². The van der Waals surface area contributed by atoms with Crippen molar-refractivity contribution in [1.29, 1.82) is 0 Å². The maximum Gasteiger partial charge on any atom is 0.273 e. The van der Waals surface area contributed by atoms with Crippen molar-refractivity contribution in [2.45, 2.75) is 0 Å². The van der Waals surface area contributed by atoms with Gasteiger partial charge in [0, 0.05) is 30.2 Å².